The van der Waals surface area contributed by atoms with Crippen LogP contribution in [0.4, 0.5) is 0 Å². The molecule has 2 aliphatic rings. The zero-order valence-electron chi connectivity index (χ0n) is 16.0. The lowest BCUT2D eigenvalue weighted by Gasteiger charge is -2.31. The second-order valence-corrected chi connectivity index (χ2v) is 7.38. The van der Waals surface area contributed by atoms with E-state index in [4.69, 9.17) is 14.6 Å². The molecule has 0 spiro atoms. The van der Waals surface area contributed by atoms with E-state index < -0.39 is 0 Å². The fraction of sp³-hybridized carbons (Fsp3) is 0.435. The van der Waals surface area contributed by atoms with E-state index in [0.29, 0.717) is 6.61 Å². The van der Waals surface area contributed by atoms with Crippen LogP contribution in [0.2, 0.25) is 0 Å². The molecule has 0 amide bonds. The Morgan fingerprint density at radius 2 is 1.93 bits per heavy atom. The highest BCUT2D eigenvalue weighted by Crippen LogP contribution is 2.29. The summed E-state index contributed by atoms with van der Waals surface area (Å²) in [4.78, 5) is 0. The van der Waals surface area contributed by atoms with E-state index in [1.165, 1.54) is 16.8 Å². The van der Waals surface area contributed by atoms with Crippen LogP contribution in [0, 0.1) is 0 Å². The number of ether oxygens (including phenoxy) is 2. The lowest BCUT2D eigenvalue weighted by atomic mass is 10.0. The van der Waals surface area contributed by atoms with Gasteiger partial charge in [0, 0.05) is 12.1 Å². The van der Waals surface area contributed by atoms with Crippen LogP contribution in [-0.2, 0) is 17.8 Å². The smallest absolute Gasteiger partial charge is 0.151 e. The molecule has 0 saturated carbocycles. The van der Waals surface area contributed by atoms with Gasteiger partial charge in [0.1, 0.15) is 11.9 Å². The molecule has 4 nitrogen and oxygen atoms in total. The van der Waals surface area contributed by atoms with E-state index in [2.05, 4.69) is 54.4 Å². The lowest BCUT2D eigenvalue weighted by Crippen LogP contribution is -2.39. The highest BCUT2D eigenvalue weighted by molar-refractivity contribution is 5.85. The van der Waals surface area contributed by atoms with Crippen LogP contribution in [0.1, 0.15) is 43.7 Å². The van der Waals surface area contributed by atoms with Gasteiger partial charge in [-0.25, -0.2) is 0 Å². The molecule has 4 rings (SSSR count). The summed E-state index contributed by atoms with van der Waals surface area (Å²) in [6.07, 6.45) is 5.30. The van der Waals surface area contributed by atoms with Crippen LogP contribution < -0.4 is 4.74 Å². The van der Waals surface area contributed by atoms with Gasteiger partial charge in [-0.05, 0) is 36.5 Å². The Bertz CT molecular complexity index is 775. The molecule has 0 saturated heterocycles. The molecule has 0 fully saturated rings. The SMILES string of the molecule is CCCC1=NN(CC2CCc3ccccc3O2)C(OCc2ccccc2)C1. The van der Waals surface area contributed by atoms with Crippen LogP contribution in [-0.4, -0.2) is 29.6 Å². The Morgan fingerprint density at radius 1 is 1.11 bits per heavy atom. The van der Waals surface area contributed by atoms with Crippen molar-refractivity contribution in [1.82, 2.24) is 5.01 Å². The quantitative estimate of drug-likeness (QED) is 0.709. The molecule has 2 aliphatic heterocycles. The van der Waals surface area contributed by atoms with Crippen molar-refractivity contribution < 1.29 is 9.47 Å². The minimum atomic E-state index is 0.00697. The summed E-state index contributed by atoms with van der Waals surface area (Å²) < 4.78 is 12.5. The molecule has 0 bridgehead atoms. The van der Waals surface area contributed by atoms with Gasteiger partial charge in [0.25, 0.3) is 0 Å². The molecule has 2 aromatic rings. The molecule has 2 atom stereocenters. The van der Waals surface area contributed by atoms with Crippen LogP contribution in [0.15, 0.2) is 59.7 Å². The van der Waals surface area contributed by atoms with E-state index in [1.54, 1.807) is 0 Å². The molecule has 2 unspecified atom stereocenters. The minimum Gasteiger partial charge on any atom is -0.488 e. The van der Waals surface area contributed by atoms with Gasteiger partial charge in [0.05, 0.1) is 13.2 Å². The zero-order valence-corrected chi connectivity index (χ0v) is 16.0. The van der Waals surface area contributed by atoms with Crippen LogP contribution in [0.25, 0.3) is 0 Å². The molecule has 2 heterocycles. The third-order valence-corrected chi connectivity index (χ3v) is 5.23. The Balaban J connectivity index is 1.40. The van der Waals surface area contributed by atoms with Crippen LogP contribution in [0.3, 0.4) is 0 Å². The molecule has 4 heteroatoms. The van der Waals surface area contributed by atoms with E-state index in [9.17, 15) is 0 Å². The Morgan fingerprint density at radius 3 is 2.78 bits per heavy atom. The van der Waals surface area contributed by atoms with E-state index in [0.717, 1.165) is 44.4 Å². The monoisotopic (exact) mass is 364 g/mol. The number of hydrazone groups is 1. The Labute approximate surface area is 161 Å². The molecular formula is C23H28N2O2. The summed E-state index contributed by atoms with van der Waals surface area (Å²) in [7, 11) is 0. The number of nitrogens with zero attached hydrogens (tertiary/aromatic N) is 2. The lowest BCUT2D eigenvalue weighted by molar-refractivity contribution is -0.0662. The fourth-order valence-electron chi connectivity index (χ4n) is 3.82. The maximum Gasteiger partial charge on any atom is 0.151 e. The van der Waals surface area contributed by atoms with Gasteiger partial charge in [-0.1, -0.05) is 61.9 Å². The molecule has 27 heavy (non-hydrogen) atoms. The molecule has 0 N–H and O–H groups in total. The number of hydrogen-bond donors (Lipinski definition) is 0. The predicted molar refractivity (Wildman–Crippen MR) is 108 cm³/mol. The van der Waals surface area contributed by atoms with Gasteiger partial charge in [-0.2, -0.15) is 5.10 Å². The third kappa shape index (κ3) is 4.51. The third-order valence-electron chi connectivity index (χ3n) is 5.23. The average molecular weight is 364 g/mol. The van der Waals surface area contributed by atoms with Crippen molar-refractivity contribution in [3.8, 4) is 5.75 Å². The van der Waals surface area contributed by atoms with E-state index in [1.807, 2.05) is 12.1 Å². The van der Waals surface area contributed by atoms with Crippen molar-refractivity contribution in [3.05, 3.63) is 65.7 Å². The zero-order chi connectivity index (χ0) is 18.5. The van der Waals surface area contributed by atoms with E-state index >= 15 is 0 Å². The first-order valence-electron chi connectivity index (χ1n) is 10.0. The highest BCUT2D eigenvalue weighted by atomic mass is 16.5. The molecule has 142 valence electrons. The Kier molecular flexibility index (Phi) is 5.73. The summed E-state index contributed by atoms with van der Waals surface area (Å²) in [6.45, 7) is 3.60. The van der Waals surface area contributed by atoms with Gasteiger partial charge in [0.15, 0.2) is 6.23 Å². The van der Waals surface area contributed by atoms with Gasteiger partial charge in [0.2, 0.25) is 0 Å². The van der Waals surface area contributed by atoms with Crippen molar-refractivity contribution in [3.63, 3.8) is 0 Å². The standard InChI is InChI=1S/C23H28N2O2/c1-2-8-20-15-23(26-17-18-9-4-3-5-10-18)25(24-20)16-21-14-13-19-11-6-7-12-22(19)27-21/h3-7,9-12,21,23H,2,8,13-17H2,1H3. The normalized spacial score (nSPS) is 21.5. The van der Waals surface area contributed by atoms with Crippen molar-refractivity contribution in [2.45, 2.75) is 58.0 Å². The second-order valence-electron chi connectivity index (χ2n) is 7.38. The summed E-state index contributed by atoms with van der Waals surface area (Å²) in [5.41, 5.74) is 3.75. The molecule has 0 radical (unpaired) electrons. The molecule has 0 aliphatic carbocycles. The van der Waals surface area contributed by atoms with Crippen molar-refractivity contribution in [2.24, 2.45) is 5.10 Å². The first-order chi connectivity index (χ1) is 13.3. The topological polar surface area (TPSA) is 34.1 Å². The predicted octanol–water partition coefficient (Wildman–Crippen LogP) is 4.78. The first-order valence-corrected chi connectivity index (χ1v) is 10.0. The van der Waals surface area contributed by atoms with Gasteiger partial charge < -0.3 is 9.47 Å². The second kappa shape index (κ2) is 8.57. The number of benzene rings is 2. The van der Waals surface area contributed by atoms with Gasteiger partial charge >= 0.3 is 0 Å². The summed E-state index contributed by atoms with van der Waals surface area (Å²) in [5.74, 6) is 1.02. The average Bonchev–Trinajstić information content (AvgIpc) is 3.08. The van der Waals surface area contributed by atoms with Gasteiger partial charge in [-0.15, -0.1) is 0 Å². The summed E-state index contributed by atoms with van der Waals surface area (Å²) >= 11 is 0. The van der Waals surface area contributed by atoms with Gasteiger partial charge in [-0.3, -0.25) is 5.01 Å². The fourth-order valence-corrected chi connectivity index (χ4v) is 3.82. The number of aryl methyl sites for hydroxylation is 1. The van der Waals surface area contributed by atoms with Crippen molar-refractivity contribution >= 4 is 5.71 Å². The highest BCUT2D eigenvalue weighted by Gasteiger charge is 2.30. The summed E-state index contributed by atoms with van der Waals surface area (Å²) in [6, 6.07) is 18.7. The number of para-hydroxylation sites is 1. The van der Waals surface area contributed by atoms with E-state index in [-0.39, 0.29) is 12.3 Å². The van der Waals surface area contributed by atoms with Crippen LogP contribution >= 0.6 is 0 Å². The maximum absolute atomic E-state index is 6.25. The Hall–Kier alpha value is -2.33. The number of rotatable bonds is 7. The summed E-state index contributed by atoms with van der Waals surface area (Å²) in [5, 5.41) is 6.98. The molecule has 2 aromatic carbocycles. The first kappa shape index (κ1) is 18.1. The maximum atomic E-state index is 6.25. The number of hydrogen-bond acceptors (Lipinski definition) is 4. The van der Waals surface area contributed by atoms with Crippen molar-refractivity contribution in [1.29, 1.82) is 0 Å². The van der Waals surface area contributed by atoms with Crippen LogP contribution in [0.5, 0.6) is 5.75 Å². The largest absolute Gasteiger partial charge is 0.488 e. The number of fused-ring (bicyclic) bond motifs is 1. The molecule has 0 aromatic heterocycles. The minimum absolute atomic E-state index is 0.00697. The molecular weight excluding hydrogens is 336 g/mol. The van der Waals surface area contributed by atoms with Crippen molar-refractivity contribution in [2.75, 3.05) is 6.54 Å².